The van der Waals surface area contributed by atoms with Gasteiger partial charge in [0.1, 0.15) is 6.04 Å². The van der Waals surface area contributed by atoms with Crippen LogP contribution in [0, 0.1) is 11.8 Å². The highest BCUT2D eigenvalue weighted by Crippen LogP contribution is 2.41. The molecule has 0 aromatic carbocycles. The van der Waals surface area contributed by atoms with Gasteiger partial charge in [-0.1, -0.05) is 19.9 Å². The SMILES string of the molecule is COC(=O)[C@@H]1CCCN1C/C=C/C(=O)N1CC[C@H]2[C@H]1[C@@H](C(C)C)C(=O)N2S(C)(=O)=O. The number of likely N-dealkylation sites (tertiary alicyclic amines) is 2. The number of hydrogen-bond acceptors (Lipinski definition) is 7. The molecular formula is C20H31N3O6S. The fourth-order valence-electron chi connectivity index (χ4n) is 5.12. The number of sulfonamides is 1. The van der Waals surface area contributed by atoms with E-state index in [0.29, 0.717) is 19.5 Å². The van der Waals surface area contributed by atoms with E-state index in [2.05, 4.69) is 0 Å². The first kappa shape index (κ1) is 22.7. The maximum absolute atomic E-state index is 12.9. The van der Waals surface area contributed by atoms with Crippen molar-refractivity contribution in [2.24, 2.45) is 11.8 Å². The molecule has 3 fully saturated rings. The first-order chi connectivity index (χ1) is 14.1. The van der Waals surface area contributed by atoms with Crippen LogP contribution in [0.2, 0.25) is 0 Å². The summed E-state index contributed by atoms with van der Waals surface area (Å²) < 4.78 is 30.2. The average molecular weight is 442 g/mol. The van der Waals surface area contributed by atoms with E-state index in [1.54, 1.807) is 11.0 Å². The van der Waals surface area contributed by atoms with Crippen LogP contribution in [0.4, 0.5) is 0 Å². The summed E-state index contributed by atoms with van der Waals surface area (Å²) in [5.41, 5.74) is 0. The molecule has 10 heteroatoms. The number of hydrogen-bond donors (Lipinski definition) is 0. The van der Waals surface area contributed by atoms with Crippen LogP contribution in [-0.2, 0) is 29.1 Å². The van der Waals surface area contributed by atoms with Crippen molar-refractivity contribution in [3.63, 3.8) is 0 Å². The zero-order valence-corrected chi connectivity index (χ0v) is 18.8. The summed E-state index contributed by atoms with van der Waals surface area (Å²) in [4.78, 5) is 41.2. The first-order valence-corrected chi connectivity index (χ1v) is 12.2. The van der Waals surface area contributed by atoms with Crippen LogP contribution in [-0.4, -0.2) is 91.4 Å². The molecule has 9 nitrogen and oxygen atoms in total. The van der Waals surface area contributed by atoms with Gasteiger partial charge in [0.05, 0.1) is 31.4 Å². The highest BCUT2D eigenvalue weighted by atomic mass is 32.2. The molecule has 3 saturated heterocycles. The van der Waals surface area contributed by atoms with Crippen LogP contribution in [0.15, 0.2) is 12.2 Å². The lowest BCUT2D eigenvalue weighted by Gasteiger charge is -2.28. The summed E-state index contributed by atoms with van der Waals surface area (Å²) in [5, 5.41) is 0. The van der Waals surface area contributed by atoms with Crippen molar-refractivity contribution < 1.29 is 27.5 Å². The van der Waals surface area contributed by atoms with E-state index in [0.717, 1.165) is 29.9 Å². The molecule has 0 spiro atoms. The zero-order valence-electron chi connectivity index (χ0n) is 18.0. The molecular weight excluding hydrogens is 410 g/mol. The van der Waals surface area contributed by atoms with Crippen molar-refractivity contribution in [3.05, 3.63) is 12.2 Å². The van der Waals surface area contributed by atoms with E-state index in [1.165, 1.54) is 13.2 Å². The second-order valence-corrected chi connectivity index (χ2v) is 10.5. The van der Waals surface area contributed by atoms with Gasteiger partial charge >= 0.3 is 5.97 Å². The van der Waals surface area contributed by atoms with Crippen LogP contribution < -0.4 is 0 Å². The van der Waals surface area contributed by atoms with Gasteiger partial charge < -0.3 is 9.64 Å². The lowest BCUT2D eigenvalue weighted by atomic mass is 9.88. The fourth-order valence-corrected chi connectivity index (χ4v) is 6.29. The summed E-state index contributed by atoms with van der Waals surface area (Å²) in [6.07, 6.45) is 6.33. The van der Waals surface area contributed by atoms with Gasteiger partial charge in [-0.3, -0.25) is 19.3 Å². The molecule has 4 atom stereocenters. The molecule has 0 saturated carbocycles. The van der Waals surface area contributed by atoms with Crippen molar-refractivity contribution in [3.8, 4) is 0 Å². The van der Waals surface area contributed by atoms with Gasteiger partial charge in [-0.2, -0.15) is 0 Å². The van der Waals surface area contributed by atoms with Crippen molar-refractivity contribution in [1.29, 1.82) is 0 Å². The molecule has 3 aliphatic heterocycles. The third-order valence-corrected chi connectivity index (χ3v) is 7.55. The smallest absolute Gasteiger partial charge is 0.323 e. The molecule has 3 heterocycles. The first-order valence-electron chi connectivity index (χ1n) is 10.4. The zero-order chi connectivity index (χ0) is 22.2. The quantitative estimate of drug-likeness (QED) is 0.429. The number of carbonyl (C=O) groups is 3. The summed E-state index contributed by atoms with van der Waals surface area (Å²) in [7, 11) is -2.32. The van der Waals surface area contributed by atoms with Gasteiger partial charge in [-0.05, 0) is 31.7 Å². The standard InChI is InChI=1S/C20H31N3O6S/c1-13(2)17-18-14(23(19(17)25)30(4,27)28)9-12-22(18)16(24)8-6-11-21-10-5-7-15(21)20(26)29-3/h6,8,13-15,17-18H,5,7,9-12H2,1-4H3/b8-6+/t14-,15-,17+,18-/m0/s1. The Morgan fingerprint density at radius 3 is 2.53 bits per heavy atom. The van der Waals surface area contributed by atoms with E-state index >= 15 is 0 Å². The highest BCUT2D eigenvalue weighted by Gasteiger charge is 2.58. The predicted octanol–water partition coefficient (Wildman–Crippen LogP) is 0.224. The Morgan fingerprint density at radius 1 is 1.23 bits per heavy atom. The molecule has 0 N–H and O–H groups in total. The number of rotatable bonds is 6. The van der Waals surface area contributed by atoms with E-state index in [-0.39, 0.29) is 23.8 Å². The fraction of sp³-hybridized carbons (Fsp3) is 0.750. The second kappa shape index (κ2) is 8.66. The van der Waals surface area contributed by atoms with Crippen LogP contribution >= 0.6 is 0 Å². The Morgan fingerprint density at radius 2 is 1.93 bits per heavy atom. The molecule has 168 valence electrons. The lowest BCUT2D eigenvalue weighted by Crippen LogP contribution is -2.43. The van der Waals surface area contributed by atoms with Crippen molar-refractivity contribution in [2.75, 3.05) is 33.0 Å². The van der Waals surface area contributed by atoms with Gasteiger partial charge in [-0.25, -0.2) is 12.7 Å². The molecule has 0 aromatic rings. The molecule has 3 rings (SSSR count). The molecule has 0 bridgehead atoms. The largest absolute Gasteiger partial charge is 0.468 e. The van der Waals surface area contributed by atoms with E-state index < -0.39 is 33.9 Å². The van der Waals surface area contributed by atoms with Crippen molar-refractivity contribution >= 4 is 27.8 Å². The molecule has 0 unspecified atom stereocenters. The average Bonchev–Trinajstić information content (AvgIpc) is 3.33. The topological polar surface area (TPSA) is 104 Å². The third kappa shape index (κ3) is 4.12. The number of ether oxygens (including phenoxy) is 1. The number of esters is 1. The Balaban J connectivity index is 1.72. The minimum Gasteiger partial charge on any atom is -0.468 e. The number of methoxy groups -OCH3 is 1. The van der Waals surface area contributed by atoms with Crippen LogP contribution in [0.3, 0.4) is 0 Å². The van der Waals surface area contributed by atoms with E-state index in [4.69, 9.17) is 4.74 Å². The van der Waals surface area contributed by atoms with E-state index in [1.807, 2.05) is 18.7 Å². The highest BCUT2D eigenvalue weighted by molar-refractivity contribution is 7.88. The van der Waals surface area contributed by atoms with Gasteiger partial charge in [-0.15, -0.1) is 0 Å². The summed E-state index contributed by atoms with van der Waals surface area (Å²) in [6.45, 7) is 5.38. The normalized spacial score (nSPS) is 30.0. The molecule has 3 aliphatic rings. The van der Waals surface area contributed by atoms with Gasteiger partial charge in [0.15, 0.2) is 0 Å². The minimum atomic E-state index is -3.69. The number of carbonyl (C=O) groups excluding carboxylic acids is 3. The molecule has 0 aromatic heterocycles. The Hall–Kier alpha value is -1.94. The van der Waals surface area contributed by atoms with Gasteiger partial charge in [0.2, 0.25) is 21.8 Å². The summed E-state index contributed by atoms with van der Waals surface area (Å²) in [5.74, 6) is -1.53. The molecule has 0 aliphatic carbocycles. The van der Waals surface area contributed by atoms with Gasteiger partial charge in [0.25, 0.3) is 0 Å². The Bertz CT molecular complexity index is 839. The number of fused-ring (bicyclic) bond motifs is 1. The Kier molecular flexibility index (Phi) is 6.57. The maximum Gasteiger partial charge on any atom is 0.323 e. The predicted molar refractivity (Wildman–Crippen MR) is 110 cm³/mol. The molecule has 30 heavy (non-hydrogen) atoms. The molecule has 0 radical (unpaired) electrons. The molecule has 2 amide bonds. The third-order valence-electron chi connectivity index (χ3n) is 6.39. The van der Waals surface area contributed by atoms with E-state index in [9.17, 15) is 22.8 Å². The monoisotopic (exact) mass is 441 g/mol. The maximum atomic E-state index is 12.9. The Labute approximate surface area is 178 Å². The van der Waals surface area contributed by atoms with Crippen LogP contribution in [0.1, 0.15) is 33.1 Å². The second-order valence-electron chi connectivity index (χ2n) is 8.62. The van der Waals surface area contributed by atoms with Crippen molar-refractivity contribution in [2.45, 2.75) is 51.2 Å². The van der Waals surface area contributed by atoms with Gasteiger partial charge in [0, 0.05) is 19.2 Å². The summed E-state index contributed by atoms with van der Waals surface area (Å²) >= 11 is 0. The number of amides is 2. The lowest BCUT2D eigenvalue weighted by molar-refractivity contribution is -0.145. The number of nitrogens with zero attached hydrogens (tertiary/aromatic N) is 3. The summed E-state index contributed by atoms with van der Waals surface area (Å²) in [6, 6.07) is -1.23. The van der Waals surface area contributed by atoms with Crippen LogP contribution in [0.25, 0.3) is 0 Å². The van der Waals surface area contributed by atoms with Crippen LogP contribution in [0.5, 0.6) is 0 Å². The minimum absolute atomic E-state index is 0.0838. The van der Waals surface area contributed by atoms with Crippen molar-refractivity contribution in [1.82, 2.24) is 14.1 Å².